The van der Waals surface area contributed by atoms with Gasteiger partial charge in [0.15, 0.2) is 0 Å². The van der Waals surface area contributed by atoms with Gasteiger partial charge < -0.3 is 7.96 Å². The topological polar surface area (TPSA) is 37.3 Å². The van der Waals surface area contributed by atoms with Crippen LogP contribution < -0.4 is 0 Å². The second-order valence-corrected chi connectivity index (χ2v) is 3.02. The minimum absolute atomic E-state index is 0. The average Bonchev–Trinajstić information content (AvgIpc) is 2.02. The monoisotopic (exact) mass is 256 g/mol. The molecule has 1 N–H and O–H groups in total. The van der Waals surface area contributed by atoms with Crippen molar-refractivity contribution >= 4 is 66.9 Å². The molecule has 0 aliphatic heterocycles. The zero-order valence-corrected chi connectivity index (χ0v) is 10.8. The standard InChI is InChI=1S/C9H4Cl2O2.Ca.2H/c10-7-3-1-6(8(11)5-7)2-4-9(12)13;;;/h1,3,5H,(H,12,13);;;/q;+2;2*-1. The molecule has 0 bridgehead atoms. The van der Waals surface area contributed by atoms with E-state index in [2.05, 4.69) is 5.92 Å². The van der Waals surface area contributed by atoms with Crippen LogP contribution in [0.4, 0.5) is 0 Å². The number of benzene rings is 1. The number of carboxylic acid groups (broad SMARTS) is 1. The molecular weight excluding hydrogens is 251 g/mol. The Bertz CT molecular complexity index is 416. The fourth-order valence-electron chi connectivity index (χ4n) is 0.712. The number of hydrogen-bond acceptors (Lipinski definition) is 1. The van der Waals surface area contributed by atoms with Crippen LogP contribution in [0.1, 0.15) is 8.42 Å². The molecule has 5 heteroatoms. The molecule has 0 atom stereocenters. The molecule has 0 aliphatic carbocycles. The molecule has 0 aromatic heterocycles. The first-order valence-corrected chi connectivity index (χ1v) is 4.05. The van der Waals surface area contributed by atoms with Gasteiger partial charge >= 0.3 is 43.7 Å². The maximum atomic E-state index is 10.1. The molecule has 0 heterocycles. The summed E-state index contributed by atoms with van der Waals surface area (Å²) >= 11 is 11.4. The van der Waals surface area contributed by atoms with Crippen molar-refractivity contribution in [3.8, 4) is 11.8 Å². The first-order chi connectivity index (χ1) is 6.09. The van der Waals surface area contributed by atoms with Crippen molar-refractivity contribution in [1.82, 2.24) is 0 Å². The quantitative estimate of drug-likeness (QED) is 0.571. The van der Waals surface area contributed by atoms with Crippen LogP contribution in [0.25, 0.3) is 0 Å². The van der Waals surface area contributed by atoms with Gasteiger partial charge in [0.2, 0.25) is 0 Å². The minimum Gasteiger partial charge on any atom is -1.00 e. The third-order valence-electron chi connectivity index (χ3n) is 1.24. The third kappa shape index (κ3) is 4.54. The van der Waals surface area contributed by atoms with Gasteiger partial charge in [0.1, 0.15) is 0 Å². The maximum absolute atomic E-state index is 10.1. The molecule has 0 aliphatic rings. The molecule has 70 valence electrons. The van der Waals surface area contributed by atoms with Crippen LogP contribution in [0.5, 0.6) is 0 Å². The minimum atomic E-state index is -1.19. The van der Waals surface area contributed by atoms with Crippen LogP contribution in [0.3, 0.4) is 0 Å². The van der Waals surface area contributed by atoms with E-state index in [1.54, 1.807) is 12.1 Å². The van der Waals surface area contributed by atoms with E-state index in [4.69, 9.17) is 28.3 Å². The first-order valence-electron chi connectivity index (χ1n) is 3.29. The van der Waals surface area contributed by atoms with Crippen molar-refractivity contribution in [1.29, 1.82) is 0 Å². The number of carboxylic acids is 1. The fraction of sp³-hybridized carbons (Fsp3) is 0. The van der Waals surface area contributed by atoms with Gasteiger partial charge in [0.25, 0.3) is 0 Å². The van der Waals surface area contributed by atoms with E-state index in [1.165, 1.54) is 6.07 Å². The summed E-state index contributed by atoms with van der Waals surface area (Å²) in [6, 6.07) is 4.68. The van der Waals surface area contributed by atoms with Crippen LogP contribution >= 0.6 is 23.2 Å². The summed E-state index contributed by atoms with van der Waals surface area (Å²) in [6.45, 7) is 0. The molecule has 14 heavy (non-hydrogen) atoms. The molecule has 1 aromatic rings. The van der Waals surface area contributed by atoms with Gasteiger partial charge in [-0.05, 0) is 18.2 Å². The molecule has 0 amide bonds. The second kappa shape index (κ2) is 6.55. The number of halogens is 2. The van der Waals surface area contributed by atoms with Crippen LogP contribution in [-0.2, 0) is 4.79 Å². The normalized spacial score (nSPS) is 8.14. The van der Waals surface area contributed by atoms with Crippen molar-refractivity contribution < 1.29 is 12.8 Å². The van der Waals surface area contributed by atoms with Crippen molar-refractivity contribution in [2.24, 2.45) is 0 Å². The Kier molecular flexibility index (Phi) is 6.59. The smallest absolute Gasteiger partial charge is 1.00 e. The van der Waals surface area contributed by atoms with Gasteiger partial charge in [0, 0.05) is 16.5 Å². The Balaban J connectivity index is -0.000000563. The number of rotatable bonds is 0. The number of carbonyl (C=O) groups is 1. The van der Waals surface area contributed by atoms with Crippen LogP contribution in [0.2, 0.25) is 10.0 Å². The van der Waals surface area contributed by atoms with Gasteiger partial charge in [-0.15, -0.1) is 0 Å². The van der Waals surface area contributed by atoms with E-state index in [0.29, 0.717) is 15.6 Å². The zero-order valence-electron chi connectivity index (χ0n) is 9.05. The second-order valence-electron chi connectivity index (χ2n) is 2.18. The molecule has 1 aromatic carbocycles. The Hall–Kier alpha value is 0.0897. The van der Waals surface area contributed by atoms with Crippen molar-refractivity contribution in [2.45, 2.75) is 0 Å². The van der Waals surface area contributed by atoms with E-state index < -0.39 is 5.97 Å². The van der Waals surface area contributed by atoms with Crippen molar-refractivity contribution in [3.63, 3.8) is 0 Å². The molecule has 0 saturated carbocycles. The van der Waals surface area contributed by atoms with Gasteiger partial charge in [0.05, 0.1) is 5.02 Å². The van der Waals surface area contributed by atoms with Crippen molar-refractivity contribution in [3.05, 3.63) is 33.8 Å². The van der Waals surface area contributed by atoms with Gasteiger partial charge in [-0.25, -0.2) is 4.79 Å². The molecule has 0 unspecified atom stereocenters. The molecule has 1 rings (SSSR count). The Morgan fingerprint density at radius 2 is 2.07 bits per heavy atom. The Morgan fingerprint density at radius 1 is 1.43 bits per heavy atom. The van der Waals surface area contributed by atoms with Crippen molar-refractivity contribution in [2.75, 3.05) is 0 Å². The van der Waals surface area contributed by atoms with Crippen LogP contribution in [0, 0.1) is 11.8 Å². The molecule has 0 radical (unpaired) electrons. The zero-order chi connectivity index (χ0) is 9.84. The van der Waals surface area contributed by atoms with E-state index in [1.807, 2.05) is 5.92 Å². The number of hydrogen-bond donors (Lipinski definition) is 1. The summed E-state index contributed by atoms with van der Waals surface area (Å²) in [5, 5.41) is 9.12. The summed E-state index contributed by atoms with van der Waals surface area (Å²) in [6.07, 6.45) is 0. The summed E-state index contributed by atoms with van der Waals surface area (Å²) < 4.78 is 0. The molecule has 0 saturated heterocycles. The number of aliphatic carboxylic acids is 1. The molecule has 0 spiro atoms. The SMILES string of the molecule is O=C(O)C#Cc1ccc(Cl)cc1Cl.[Ca+2].[H-].[H-]. The van der Waals surface area contributed by atoms with E-state index in [0.717, 1.165) is 0 Å². The summed E-state index contributed by atoms with van der Waals surface area (Å²) in [4.78, 5) is 10.1. The first kappa shape index (κ1) is 14.1. The molecular formula is C9H6CaCl2O2. The van der Waals surface area contributed by atoms with Crippen LogP contribution in [-0.4, -0.2) is 48.8 Å². The summed E-state index contributed by atoms with van der Waals surface area (Å²) in [5.74, 6) is 3.17. The van der Waals surface area contributed by atoms with Gasteiger partial charge in [-0.3, -0.25) is 0 Å². The predicted molar refractivity (Wildman–Crippen MR) is 59.0 cm³/mol. The Labute approximate surface area is 124 Å². The third-order valence-corrected chi connectivity index (χ3v) is 1.78. The van der Waals surface area contributed by atoms with Gasteiger partial charge in [-0.2, -0.15) is 0 Å². The predicted octanol–water partition coefficient (Wildman–Crippen LogP) is 2.27. The fourth-order valence-corrected chi connectivity index (χ4v) is 1.17. The summed E-state index contributed by atoms with van der Waals surface area (Å²) in [7, 11) is 0. The molecule has 2 nitrogen and oxygen atoms in total. The summed E-state index contributed by atoms with van der Waals surface area (Å²) in [5.41, 5.74) is 0.452. The van der Waals surface area contributed by atoms with E-state index in [-0.39, 0.29) is 40.6 Å². The molecule has 0 fully saturated rings. The largest absolute Gasteiger partial charge is 2.00 e. The Morgan fingerprint density at radius 3 is 2.57 bits per heavy atom. The van der Waals surface area contributed by atoms with E-state index in [9.17, 15) is 4.79 Å². The average molecular weight is 257 g/mol. The van der Waals surface area contributed by atoms with Crippen LogP contribution in [0.15, 0.2) is 18.2 Å². The van der Waals surface area contributed by atoms with Gasteiger partial charge in [-0.1, -0.05) is 29.1 Å². The van der Waals surface area contributed by atoms with E-state index >= 15 is 0 Å². The maximum Gasteiger partial charge on any atom is 2.00 e.